The molecule has 0 amide bonds. The second-order valence-corrected chi connectivity index (χ2v) is 5.80. The highest BCUT2D eigenvalue weighted by molar-refractivity contribution is 5.33. The second-order valence-electron chi connectivity index (χ2n) is 5.80. The van der Waals surface area contributed by atoms with Crippen molar-refractivity contribution in [3.8, 4) is 5.75 Å². The fourth-order valence-corrected chi connectivity index (χ4v) is 3.25. The molecule has 0 aliphatic heterocycles. The molecule has 1 fully saturated rings. The molecule has 21 heavy (non-hydrogen) atoms. The fraction of sp³-hybridized carbons (Fsp3) is 0.647. The van der Waals surface area contributed by atoms with Crippen LogP contribution in [0.5, 0.6) is 5.75 Å². The molecule has 0 saturated heterocycles. The molecule has 1 aliphatic carbocycles. The average Bonchev–Trinajstić information content (AvgIpc) is 2.49. The molecule has 118 valence electrons. The Bertz CT molecular complexity index is 430. The lowest BCUT2D eigenvalue weighted by Crippen LogP contribution is -2.14. The van der Waals surface area contributed by atoms with Gasteiger partial charge in [0.2, 0.25) is 0 Å². The molecule has 0 heterocycles. The largest absolute Gasteiger partial charge is 0.488 e. The highest BCUT2D eigenvalue weighted by atomic mass is 19.1. The number of hydrogen-bond acceptors (Lipinski definition) is 1. The predicted octanol–water partition coefficient (Wildman–Crippen LogP) is 5.39. The van der Waals surface area contributed by atoms with E-state index in [0.29, 0.717) is 12.3 Å². The first-order valence-electron chi connectivity index (χ1n) is 7.83. The van der Waals surface area contributed by atoms with Crippen LogP contribution in [-0.2, 0) is 0 Å². The van der Waals surface area contributed by atoms with Gasteiger partial charge in [-0.05, 0) is 75.0 Å². The Balaban J connectivity index is 2.00. The van der Waals surface area contributed by atoms with Gasteiger partial charge in [0, 0.05) is 0 Å². The lowest BCUT2D eigenvalue weighted by molar-refractivity contribution is 0.288. The Labute approximate surface area is 124 Å². The minimum absolute atomic E-state index is 0.200. The van der Waals surface area contributed by atoms with Gasteiger partial charge in [0.25, 0.3) is 0 Å². The van der Waals surface area contributed by atoms with E-state index in [9.17, 15) is 13.2 Å². The monoisotopic (exact) mass is 300 g/mol. The molecule has 0 atom stereocenters. The first kappa shape index (κ1) is 16.2. The van der Waals surface area contributed by atoms with Crippen molar-refractivity contribution in [3.05, 3.63) is 29.3 Å². The zero-order chi connectivity index (χ0) is 15.2. The van der Waals surface area contributed by atoms with E-state index in [1.54, 1.807) is 6.92 Å². The molecule has 0 aromatic heterocycles. The molecule has 0 N–H and O–H groups in total. The molecule has 1 aliphatic rings. The molecule has 0 unspecified atom stereocenters. The van der Waals surface area contributed by atoms with E-state index in [0.717, 1.165) is 37.7 Å². The normalized spacial score (nSPS) is 22.3. The molecule has 0 radical (unpaired) electrons. The van der Waals surface area contributed by atoms with E-state index in [4.69, 9.17) is 4.74 Å². The van der Waals surface area contributed by atoms with Gasteiger partial charge < -0.3 is 4.74 Å². The van der Waals surface area contributed by atoms with Crippen LogP contribution >= 0.6 is 0 Å². The molecule has 4 heteroatoms. The highest BCUT2D eigenvalue weighted by Crippen LogP contribution is 2.39. The quantitative estimate of drug-likeness (QED) is 0.684. The maximum absolute atomic E-state index is 13.9. The summed E-state index contributed by atoms with van der Waals surface area (Å²) in [6, 6.07) is 2.81. The van der Waals surface area contributed by atoms with Crippen molar-refractivity contribution in [2.75, 3.05) is 13.3 Å². The zero-order valence-corrected chi connectivity index (χ0v) is 12.5. The van der Waals surface area contributed by atoms with E-state index >= 15 is 0 Å². The summed E-state index contributed by atoms with van der Waals surface area (Å²) in [5.74, 6) is -0.753. The topological polar surface area (TPSA) is 9.23 Å². The number of ether oxygens (including phenoxy) is 1. The van der Waals surface area contributed by atoms with Crippen LogP contribution < -0.4 is 4.74 Å². The van der Waals surface area contributed by atoms with Crippen LogP contribution in [0.3, 0.4) is 0 Å². The van der Waals surface area contributed by atoms with Crippen LogP contribution in [-0.4, -0.2) is 13.3 Å². The summed E-state index contributed by atoms with van der Waals surface area (Å²) in [6.45, 7) is 1.69. The van der Waals surface area contributed by atoms with E-state index in [2.05, 4.69) is 0 Å². The fourth-order valence-electron chi connectivity index (χ4n) is 3.25. The van der Waals surface area contributed by atoms with Gasteiger partial charge in [-0.15, -0.1) is 0 Å². The molecule has 0 spiro atoms. The Hall–Kier alpha value is -1.19. The molecule has 1 saturated carbocycles. The summed E-state index contributed by atoms with van der Waals surface area (Å²) >= 11 is 0. The number of rotatable bonds is 6. The van der Waals surface area contributed by atoms with E-state index < -0.39 is 11.6 Å². The number of halogens is 3. The van der Waals surface area contributed by atoms with Gasteiger partial charge in [-0.3, -0.25) is 4.39 Å². The minimum Gasteiger partial charge on any atom is -0.488 e. The average molecular weight is 300 g/mol. The van der Waals surface area contributed by atoms with Gasteiger partial charge in [-0.1, -0.05) is 0 Å². The third kappa shape index (κ3) is 4.14. The van der Waals surface area contributed by atoms with E-state index in [1.165, 1.54) is 12.1 Å². The van der Waals surface area contributed by atoms with Crippen LogP contribution in [0.2, 0.25) is 0 Å². The van der Waals surface area contributed by atoms with Gasteiger partial charge in [0.1, 0.15) is 0 Å². The van der Waals surface area contributed by atoms with Crippen molar-refractivity contribution in [2.45, 2.75) is 51.4 Å². The second kappa shape index (κ2) is 7.71. The first-order valence-corrected chi connectivity index (χ1v) is 7.83. The summed E-state index contributed by atoms with van der Waals surface area (Å²) in [7, 11) is 0. The summed E-state index contributed by atoms with van der Waals surface area (Å²) < 4.78 is 44.9. The van der Waals surface area contributed by atoms with Crippen molar-refractivity contribution >= 4 is 0 Å². The molecule has 1 aromatic carbocycles. The van der Waals surface area contributed by atoms with Crippen molar-refractivity contribution in [3.63, 3.8) is 0 Å². The number of benzene rings is 1. The van der Waals surface area contributed by atoms with Crippen LogP contribution in [0.1, 0.15) is 56.9 Å². The van der Waals surface area contributed by atoms with Gasteiger partial charge in [-0.25, -0.2) is 8.78 Å². The third-order valence-electron chi connectivity index (χ3n) is 4.37. The van der Waals surface area contributed by atoms with Crippen molar-refractivity contribution in [2.24, 2.45) is 5.92 Å². The van der Waals surface area contributed by atoms with Crippen molar-refractivity contribution in [1.82, 2.24) is 0 Å². The number of hydrogen-bond donors (Lipinski definition) is 0. The van der Waals surface area contributed by atoms with Gasteiger partial charge in [-0.2, -0.15) is 0 Å². The summed E-state index contributed by atoms with van der Waals surface area (Å²) in [4.78, 5) is 0. The van der Waals surface area contributed by atoms with Gasteiger partial charge in [0.15, 0.2) is 17.4 Å². The smallest absolute Gasteiger partial charge is 0.190 e. The Morgan fingerprint density at radius 1 is 1.10 bits per heavy atom. The minimum atomic E-state index is -0.619. The number of alkyl halides is 1. The van der Waals surface area contributed by atoms with Crippen LogP contribution in [0.25, 0.3) is 0 Å². The highest BCUT2D eigenvalue weighted by Gasteiger charge is 2.24. The summed E-state index contributed by atoms with van der Waals surface area (Å²) in [6.07, 6.45) is 5.42. The molecular formula is C17H23F3O. The Kier molecular flexibility index (Phi) is 5.95. The van der Waals surface area contributed by atoms with Gasteiger partial charge in [0.05, 0.1) is 13.3 Å². The summed E-state index contributed by atoms with van der Waals surface area (Å²) in [5, 5.41) is 0. The summed E-state index contributed by atoms with van der Waals surface area (Å²) in [5.41, 5.74) is 0.720. The van der Waals surface area contributed by atoms with Crippen LogP contribution in [0, 0.1) is 17.6 Å². The SMILES string of the molecule is CCOc1c(F)cc(C2CCC(CCCF)CC2)cc1F. The zero-order valence-electron chi connectivity index (χ0n) is 12.5. The van der Waals surface area contributed by atoms with Crippen LogP contribution in [0.4, 0.5) is 13.2 Å². The molecule has 2 rings (SSSR count). The predicted molar refractivity (Wildman–Crippen MR) is 77.4 cm³/mol. The molecule has 1 nitrogen and oxygen atoms in total. The van der Waals surface area contributed by atoms with Crippen molar-refractivity contribution in [1.29, 1.82) is 0 Å². The molecule has 0 bridgehead atoms. The van der Waals surface area contributed by atoms with E-state index in [1.807, 2.05) is 0 Å². The standard InChI is InChI=1S/C17H23F3O/c1-2-21-17-15(19)10-14(11-16(17)20)13-7-5-12(6-8-13)4-3-9-18/h10-13H,2-9H2,1H3. The van der Waals surface area contributed by atoms with Gasteiger partial charge >= 0.3 is 0 Å². The Morgan fingerprint density at radius 3 is 2.24 bits per heavy atom. The maximum Gasteiger partial charge on any atom is 0.190 e. The lowest BCUT2D eigenvalue weighted by Gasteiger charge is -2.29. The van der Waals surface area contributed by atoms with Crippen molar-refractivity contribution < 1.29 is 17.9 Å². The maximum atomic E-state index is 13.9. The van der Waals surface area contributed by atoms with Crippen LogP contribution in [0.15, 0.2) is 12.1 Å². The molecular weight excluding hydrogens is 277 g/mol. The first-order chi connectivity index (χ1) is 10.2. The van der Waals surface area contributed by atoms with E-state index in [-0.39, 0.29) is 24.9 Å². The Morgan fingerprint density at radius 2 is 1.71 bits per heavy atom. The molecule has 1 aromatic rings. The third-order valence-corrected chi connectivity index (χ3v) is 4.37. The lowest BCUT2D eigenvalue weighted by atomic mass is 9.77.